The van der Waals surface area contributed by atoms with Gasteiger partial charge in [-0.2, -0.15) is 8.42 Å². The molecule has 152 valence electrons. The van der Waals surface area contributed by atoms with Crippen molar-refractivity contribution in [1.82, 2.24) is 4.90 Å². The predicted octanol–water partition coefficient (Wildman–Crippen LogP) is 0.990. The predicted molar refractivity (Wildman–Crippen MR) is 102 cm³/mol. The molecule has 0 aromatic rings. The largest absolute Gasteiger partial charge is 0.480 e. The Labute approximate surface area is 161 Å². The second-order valence-electron chi connectivity index (χ2n) is 6.38. The molecule has 26 heavy (non-hydrogen) atoms. The van der Waals surface area contributed by atoms with E-state index in [1.807, 2.05) is 13.8 Å². The highest BCUT2D eigenvalue weighted by atomic mass is 33.1. The third-order valence-electron chi connectivity index (χ3n) is 3.70. The number of carbonyl (C=O) groups excluding carboxylic acids is 2. The van der Waals surface area contributed by atoms with Crippen molar-refractivity contribution >= 4 is 49.5 Å². The Bertz CT molecular complexity index is 622. The molecule has 0 aliphatic carbocycles. The summed E-state index contributed by atoms with van der Waals surface area (Å²) < 4.78 is 30.7. The number of nitrogens with zero attached hydrogens (tertiary/aromatic N) is 1. The van der Waals surface area contributed by atoms with Crippen molar-refractivity contribution in [2.45, 2.75) is 56.1 Å². The van der Waals surface area contributed by atoms with E-state index >= 15 is 0 Å². The number of amides is 2. The second kappa shape index (κ2) is 10.4. The molecule has 0 fully saturated rings. The van der Waals surface area contributed by atoms with Gasteiger partial charge in [-0.15, -0.1) is 0 Å². The number of carboxylic acids is 1. The maximum absolute atomic E-state index is 12.0. The van der Waals surface area contributed by atoms with E-state index in [0.29, 0.717) is 6.42 Å². The molecule has 0 rings (SSSR count). The molecule has 0 saturated heterocycles. The van der Waals surface area contributed by atoms with E-state index in [1.165, 1.54) is 40.5 Å². The van der Waals surface area contributed by atoms with Gasteiger partial charge >= 0.3 is 5.97 Å². The van der Waals surface area contributed by atoms with Gasteiger partial charge < -0.3 is 15.7 Å². The summed E-state index contributed by atoms with van der Waals surface area (Å²) in [6.45, 7) is 5.22. The lowest BCUT2D eigenvalue weighted by molar-refractivity contribution is -0.148. The third kappa shape index (κ3) is 9.10. The Morgan fingerprint density at radius 1 is 1.27 bits per heavy atom. The molecule has 0 aliphatic rings. The van der Waals surface area contributed by atoms with E-state index in [1.54, 1.807) is 0 Å². The molecule has 0 saturated carbocycles. The summed E-state index contributed by atoms with van der Waals surface area (Å²) in [5.74, 6) is -2.18. The van der Waals surface area contributed by atoms with Gasteiger partial charge in [-0.3, -0.25) is 14.1 Å². The molecule has 4 N–H and O–H groups in total. The van der Waals surface area contributed by atoms with E-state index in [2.05, 4.69) is 0 Å². The van der Waals surface area contributed by atoms with Crippen molar-refractivity contribution in [2.75, 3.05) is 12.8 Å². The molecular weight excluding hydrogens is 404 g/mol. The van der Waals surface area contributed by atoms with Crippen LogP contribution in [-0.4, -0.2) is 69.6 Å². The fourth-order valence-electron chi connectivity index (χ4n) is 1.80. The average molecular weight is 431 g/mol. The van der Waals surface area contributed by atoms with Crippen LogP contribution in [0.2, 0.25) is 0 Å². The van der Waals surface area contributed by atoms with Crippen molar-refractivity contribution < 1.29 is 32.5 Å². The molecule has 0 spiro atoms. The van der Waals surface area contributed by atoms with E-state index in [9.17, 15) is 22.8 Å². The van der Waals surface area contributed by atoms with Gasteiger partial charge in [0.1, 0.15) is 6.04 Å². The minimum atomic E-state index is -4.52. The van der Waals surface area contributed by atoms with Crippen LogP contribution in [0.3, 0.4) is 0 Å². The van der Waals surface area contributed by atoms with Gasteiger partial charge in [-0.1, -0.05) is 21.6 Å². The topological polar surface area (TPSA) is 155 Å². The molecule has 12 heteroatoms. The molecular formula is C14H26N2O7S3. The Balaban J connectivity index is 4.40. The zero-order chi connectivity index (χ0) is 20.7. The first-order chi connectivity index (χ1) is 11.7. The van der Waals surface area contributed by atoms with E-state index in [4.69, 9.17) is 15.4 Å². The van der Waals surface area contributed by atoms with Crippen molar-refractivity contribution in [3.63, 3.8) is 0 Å². The van der Waals surface area contributed by atoms with Crippen molar-refractivity contribution in [2.24, 2.45) is 5.73 Å². The zero-order valence-electron chi connectivity index (χ0n) is 15.2. The normalized spacial score (nSPS) is 14.5. The standard InChI is InChI=1S/C14H26N2O7S3/c1-9(13(19)20)16(4)11(17)5-7-14(2,3)25-24-8-6-10(12(15)18)26(21,22)23/h9-10H,5-8H2,1-4H3,(H2,15,18)(H,19,20)(H,21,22,23)/t9-,10?/m0/s1. The second-order valence-corrected chi connectivity index (χ2v) is 11.1. The van der Waals surface area contributed by atoms with Crippen LogP contribution in [0.1, 0.15) is 40.0 Å². The number of carbonyl (C=O) groups is 3. The van der Waals surface area contributed by atoms with Crippen LogP contribution >= 0.6 is 21.6 Å². The van der Waals surface area contributed by atoms with Crippen LogP contribution in [0.5, 0.6) is 0 Å². The molecule has 0 heterocycles. The van der Waals surface area contributed by atoms with Gasteiger partial charge in [-0.25, -0.2) is 4.79 Å². The number of nitrogens with two attached hydrogens (primary N) is 1. The lowest BCUT2D eigenvalue weighted by atomic mass is 10.1. The molecule has 0 aromatic carbocycles. The van der Waals surface area contributed by atoms with Crippen molar-refractivity contribution in [3.8, 4) is 0 Å². The number of carboxylic acid groups (broad SMARTS) is 1. The SMILES string of the molecule is C[C@@H](C(=O)O)N(C)C(=O)CCC(C)(C)SSCCC(C(N)=O)S(=O)(=O)O. The molecule has 2 amide bonds. The van der Waals surface area contributed by atoms with E-state index in [-0.39, 0.29) is 29.2 Å². The van der Waals surface area contributed by atoms with Gasteiger partial charge in [-0.05, 0) is 33.6 Å². The summed E-state index contributed by atoms with van der Waals surface area (Å²) in [4.78, 5) is 35.2. The minimum Gasteiger partial charge on any atom is -0.480 e. The number of rotatable bonds is 12. The monoisotopic (exact) mass is 430 g/mol. The molecule has 2 atom stereocenters. The van der Waals surface area contributed by atoms with Gasteiger partial charge in [0.25, 0.3) is 10.1 Å². The van der Waals surface area contributed by atoms with E-state index < -0.39 is 33.3 Å². The summed E-state index contributed by atoms with van der Waals surface area (Å²) in [5.41, 5.74) is 4.97. The Kier molecular flexibility index (Phi) is 9.99. The average Bonchev–Trinajstić information content (AvgIpc) is 2.49. The van der Waals surface area contributed by atoms with Gasteiger partial charge in [0, 0.05) is 24.0 Å². The van der Waals surface area contributed by atoms with E-state index in [0.717, 1.165) is 0 Å². The molecule has 1 unspecified atom stereocenters. The summed E-state index contributed by atoms with van der Waals surface area (Å²) in [7, 11) is -0.362. The Hall–Kier alpha value is -0.980. The lowest BCUT2D eigenvalue weighted by Gasteiger charge is -2.26. The number of primary amides is 1. The van der Waals surface area contributed by atoms with Crippen LogP contribution in [0, 0.1) is 0 Å². The maximum atomic E-state index is 12.0. The lowest BCUT2D eigenvalue weighted by Crippen LogP contribution is -2.40. The van der Waals surface area contributed by atoms with Crippen LogP contribution in [0.15, 0.2) is 0 Å². The van der Waals surface area contributed by atoms with Gasteiger partial charge in [0.05, 0.1) is 0 Å². The molecule has 0 aromatic heterocycles. The number of hydrogen-bond acceptors (Lipinski definition) is 7. The molecule has 0 bridgehead atoms. The smallest absolute Gasteiger partial charge is 0.326 e. The summed E-state index contributed by atoms with van der Waals surface area (Å²) in [6.07, 6.45) is 0.543. The number of hydrogen-bond donors (Lipinski definition) is 3. The number of likely N-dealkylation sites (N-methyl/N-ethyl adjacent to an activating group) is 1. The van der Waals surface area contributed by atoms with Crippen LogP contribution in [0.25, 0.3) is 0 Å². The third-order valence-corrected chi connectivity index (χ3v) is 8.27. The van der Waals surface area contributed by atoms with Gasteiger partial charge in [0.2, 0.25) is 11.8 Å². The zero-order valence-corrected chi connectivity index (χ0v) is 17.6. The summed E-state index contributed by atoms with van der Waals surface area (Å²) >= 11 is 0. The Morgan fingerprint density at radius 3 is 2.23 bits per heavy atom. The molecule has 0 radical (unpaired) electrons. The van der Waals surface area contributed by atoms with Crippen LogP contribution in [-0.2, 0) is 24.5 Å². The molecule has 0 aliphatic heterocycles. The first kappa shape index (κ1) is 25.0. The van der Waals surface area contributed by atoms with Crippen LogP contribution < -0.4 is 5.73 Å². The number of aliphatic carboxylic acids is 1. The maximum Gasteiger partial charge on any atom is 0.326 e. The van der Waals surface area contributed by atoms with Gasteiger partial charge in [0.15, 0.2) is 5.25 Å². The highest BCUT2D eigenvalue weighted by Crippen LogP contribution is 2.39. The highest BCUT2D eigenvalue weighted by Gasteiger charge is 2.29. The molecule has 9 nitrogen and oxygen atoms in total. The fraction of sp³-hybridized carbons (Fsp3) is 0.786. The summed E-state index contributed by atoms with van der Waals surface area (Å²) in [5, 5.41) is 7.29. The first-order valence-electron chi connectivity index (χ1n) is 7.73. The minimum absolute atomic E-state index is 0.111. The Morgan fingerprint density at radius 2 is 1.81 bits per heavy atom. The quantitative estimate of drug-likeness (QED) is 0.233. The van der Waals surface area contributed by atoms with Crippen molar-refractivity contribution in [3.05, 3.63) is 0 Å². The fourth-order valence-corrected chi connectivity index (χ4v) is 5.33. The highest BCUT2D eigenvalue weighted by molar-refractivity contribution is 8.77. The summed E-state index contributed by atoms with van der Waals surface area (Å²) in [6, 6.07) is -0.904. The van der Waals surface area contributed by atoms with Crippen LogP contribution in [0.4, 0.5) is 0 Å². The van der Waals surface area contributed by atoms with Crippen molar-refractivity contribution in [1.29, 1.82) is 0 Å². The first-order valence-corrected chi connectivity index (χ1v) is 11.6.